The van der Waals surface area contributed by atoms with Gasteiger partial charge in [-0.3, -0.25) is 4.57 Å². The number of nitrogens with two attached hydrogens (primary N) is 1. The van der Waals surface area contributed by atoms with Crippen LogP contribution in [0, 0.1) is 6.92 Å². The minimum atomic E-state index is 0.282. The molecule has 124 valence electrons. The van der Waals surface area contributed by atoms with Crippen LogP contribution in [0.15, 0.2) is 55.1 Å². The Morgan fingerprint density at radius 2 is 1.92 bits per heavy atom. The Hall–Kier alpha value is -3.12. The molecular weight excluding hydrogens is 338 g/mol. The van der Waals surface area contributed by atoms with E-state index in [9.17, 15) is 0 Å². The summed E-state index contributed by atoms with van der Waals surface area (Å²) in [6, 6.07) is 13.1. The van der Waals surface area contributed by atoms with E-state index in [0.717, 1.165) is 16.6 Å². The third-order valence-electron chi connectivity index (χ3n) is 3.85. The summed E-state index contributed by atoms with van der Waals surface area (Å²) < 4.78 is 7.64. The minimum absolute atomic E-state index is 0.282. The van der Waals surface area contributed by atoms with Gasteiger partial charge in [0, 0.05) is 5.02 Å². The van der Waals surface area contributed by atoms with Crippen LogP contribution in [-0.4, -0.2) is 19.5 Å². The van der Waals surface area contributed by atoms with E-state index in [2.05, 4.69) is 15.0 Å². The normalized spacial score (nSPS) is 11.0. The Morgan fingerprint density at radius 3 is 2.76 bits per heavy atom. The lowest BCUT2D eigenvalue weighted by atomic mass is 10.2. The number of aromatic nitrogens is 4. The molecule has 7 heteroatoms. The molecule has 0 amide bonds. The van der Waals surface area contributed by atoms with Gasteiger partial charge in [0.15, 0.2) is 5.82 Å². The van der Waals surface area contributed by atoms with E-state index in [1.165, 1.54) is 6.33 Å². The maximum absolute atomic E-state index is 6.26. The fourth-order valence-corrected chi connectivity index (χ4v) is 2.68. The molecule has 0 aliphatic heterocycles. The number of benzene rings is 2. The summed E-state index contributed by atoms with van der Waals surface area (Å²) >= 11 is 6.05. The molecule has 0 saturated carbocycles. The molecule has 2 N–H and O–H groups in total. The number of nitrogens with zero attached hydrogens (tertiary/aromatic N) is 4. The molecule has 0 fully saturated rings. The van der Waals surface area contributed by atoms with Crippen molar-refractivity contribution in [3.63, 3.8) is 0 Å². The van der Waals surface area contributed by atoms with Gasteiger partial charge >= 0.3 is 0 Å². The summed E-state index contributed by atoms with van der Waals surface area (Å²) in [7, 11) is 0. The molecule has 0 aliphatic carbocycles. The number of para-hydroxylation sites is 2. The zero-order valence-electron chi connectivity index (χ0n) is 13.3. The number of imidazole rings is 1. The summed E-state index contributed by atoms with van der Waals surface area (Å²) in [5, 5.41) is 0.675. The highest BCUT2D eigenvalue weighted by molar-refractivity contribution is 6.31. The molecular formula is C18H14ClN5O. The molecule has 25 heavy (non-hydrogen) atoms. The van der Waals surface area contributed by atoms with Crippen LogP contribution in [0.3, 0.4) is 0 Å². The molecule has 2 heterocycles. The molecule has 2 aromatic carbocycles. The Morgan fingerprint density at radius 1 is 1.08 bits per heavy atom. The number of anilines is 1. The summed E-state index contributed by atoms with van der Waals surface area (Å²) in [5.74, 6) is 1.41. The molecule has 0 aliphatic rings. The number of fused-ring (bicyclic) bond motifs is 1. The Kier molecular flexibility index (Phi) is 3.74. The topological polar surface area (TPSA) is 78.9 Å². The Labute approximate surface area is 148 Å². The predicted molar refractivity (Wildman–Crippen MR) is 97.3 cm³/mol. The van der Waals surface area contributed by atoms with E-state index >= 15 is 0 Å². The van der Waals surface area contributed by atoms with Crippen molar-refractivity contribution >= 4 is 28.3 Å². The highest BCUT2D eigenvalue weighted by Crippen LogP contribution is 2.31. The number of rotatable bonds is 3. The van der Waals surface area contributed by atoms with Crippen LogP contribution in [0.2, 0.25) is 5.02 Å². The van der Waals surface area contributed by atoms with E-state index in [4.69, 9.17) is 22.1 Å². The lowest BCUT2D eigenvalue weighted by molar-refractivity contribution is 0.463. The van der Waals surface area contributed by atoms with Crippen molar-refractivity contribution < 1.29 is 4.74 Å². The van der Waals surface area contributed by atoms with Gasteiger partial charge in [-0.15, -0.1) is 0 Å². The van der Waals surface area contributed by atoms with Crippen LogP contribution in [0.1, 0.15) is 5.56 Å². The lowest BCUT2D eigenvalue weighted by Gasteiger charge is -2.11. The van der Waals surface area contributed by atoms with Crippen molar-refractivity contribution in [3.05, 3.63) is 65.7 Å². The predicted octanol–water partition coefficient (Wildman–Crippen LogP) is 4.15. The van der Waals surface area contributed by atoms with Gasteiger partial charge in [0.1, 0.15) is 24.1 Å². The SMILES string of the molecule is Cc1cc(Oc2ncnc(-n3cnc4ccccc43)c2N)ccc1Cl. The van der Waals surface area contributed by atoms with Gasteiger partial charge in [0.05, 0.1) is 11.0 Å². The average Bonchev–Trinajstić information content (AvgIpc) is 3.04. The first-order chi connectivity index (χ1) is 12.1. The van der Waals surface area contributed by atoms with Gasteiger partial charge in [-0.2, -0.15) is 4.98 Å². The smallest absolute Gasteiger partial charge is 0.248 e. The molecule has 6 nitrogen and oxygen atoms in total. The maximum atomic E-state index is 6.26. The van der Waals surface area contributed by atoms with Gasteiger partial charge in [-0.05, 0) is 42.8 Å². The first-order valence-corrected chi connectivity index (χ1v) is 7.98. The second-order valence-electron chi connectivity index (χ2n) is 5.53. The molecule has 4 aromatic rings. The molecule has 0 radical (unpaired) electrons. The van der Waals surface area contributed by atoms with Gasteiger partial charge < -0.3 is 10.5 Å². The molecule has 0 atom stereocenters. The van der Waals surface area contributed by atoms with Crippen molar-refractivity contribution in [2.75, 3.05) is 5.73 Å². The number of ether oxygens (including phenoxy) is 1. The summed E-state index contributed by atoms with van der Waals surface area (Å²) in [6.07, 6.45) is 3.10. The molecule has 4 rings (SSSR count). The van der Waals surface area contributed by atoms with Crippen LogP contribution < -0.4 is 10.5 Å². The van der Waals surface area contributed by atoms with Gasteiger partial charge in [0.25, 0.3) is 0 Å². The number of aryl methyl sites for hydroxylation is 1. The summed E-state index contributed by atoms with van der Waals surface area (Å²) in [4.78, 5) is 12.8. The van der Waals surface area contributed by atoms with E-state index < -0.39 is 0 Å². The highest BCUT2D eigenvalue weighted by Gasteiger charge is 2.14. The first kappa shape index (κ1) is 15.4. The fraction of sp³-hybridized carbons (Fsp3) is 0.0556. The van der Waals surface area contributed by atoms with E-state index in [1.807, 2.05) is 41.8 Å². The number of hydrogen-bond acceptors (Lipinski definition) is 5. The largest absolute Gasteiger partial charge is 0.437 e. The fourth-order valence-electron chi connectivity index (χ4n) is 2.56. The molecule has 0 spiro atoms. The van der Waals surface area contributed by atoms with Crippen molar-refractivity contribution in [2.24, 2.45) is 0 Å². The van der Waals surface area contributed by atoms with Gasteiger partial charge in [-0.1, -0.05) is 23.7 Å². The van der Waals surface area contributed by atoms with Gasteiger partial charge in [-0.25, -0.2) is 9.97 Å². The standard InChI is InChI=1S/C18H14ClN5O/c1-11-8-12(6-7-13(11)19)25-18-16(20)17(21-9-22-18)24-10-23-14-4-2-3-5-15(14)24/h2-10H,20H2,1H3. The zero-order chi connectivity index (χ0) is 17.4. The second kappa shape index (κ2) is 6.07. The lowest BCUT2D eigenvalue weighted by Crippen LogP contribution is -2.05. The third kappa shape index (κ3) is 2.77. The highest BCUT2D eigenvalue weighted by atomic mass is 35.5. The monoisotopic (exact) mass is 351 g/mol. The average molecular weight is 352 g/mol. The summed E-state index contributed by atoms with van der Waals surface area (Å²) in [5.41, 5.74) is 9.26. The van der Waals surface area contributed by atoms with Crippen molar-refractivity contribution in [1.82, 2.24) is 19.5 Å². The van der Waals surface area contributed by atoms with Gasteiger partial charge in [0.2, 0.25) is 5.88 Å². The minimum Gasteiger partial charge on any atom is -0.437 e. The third-order valence-corrected chi connectivity index (χ3v) is 4.28. The molecule has 2 aromatic heterocycles. The van der Waals surface area contributed by atoms with Crippen LogP contribution in [0.5, 0.6) is 11.6 Å². The van der Waals surface area contributed by atoms with Crippen LogP contribution in [0.25, 0.3) is 16.9 Å². The second-order valence-corrected chi connectivity index (χ2v) is 5.94. The van der Waals surface area contributed by atoms with Crippen molar-refractivity contribution in [1.29, 1.82) is 0 Å². The number of hydrogen-bond donors (Lipinski definition) is 1. The van der Waals surface area contributed by atoms with Crippen molar-refractivity contribution in [2.45, 2.75) is 6.92 Å². The molecule has 0 unspecified atom stereocenters. The van der Waals surface area contributed by atoms with Crippen molar-refractivity contribution in [3.8, 4) is 17.4 Å². The van der Waals surface area contributed by atoms with Crippen LogP contribution >= 0.6 is 11.6 Å². The summed E-state index contributed by atoms with van der Waals surface area (Å²) in [6.45, 7) is 1.90. The Balaban J connectivity index is 1.76. The quantitative estimate of drug-likeness (QED) is 0.599. The Bertz CT molecular complexity index is 1080. The first-order valence-electron chi connectivity index (χ1n) is 7.60. The number of halogens is 1. The van der Waals surface area contributed by atoms with Crippen LogP contribution in [0.4, 0.5) is 5.69 Å². The van der Waals surface area contributed by atoms with E-state index in [0.29, 0.717) is 22.3 Å². The zero-order valence-corrected chi connectivity index (χ0v) is 14.1. The van der Waals surface area contributed by atoms with E-state index in [-0.39, 0.29) is 5.88 Å². The number of nitrogen functional groups attached to an aromatic ring is 1. The molecule has 0 bridgehead atoms. The van der Waals surface area contributed by atoms with Crippen LogP contribution in [-0.2, 0) is 0 Å². The molecule has 0 saturated heterocycles. The van der Waals surface area contributed by atoms with E-state index in [1.54, 1.807) is 18.5 Å². The maximum Gasteiger partial charge on any atom is 0.248 e.